The molecule has 0 aromatic heterocycles. The number of carbonyl (C=O) groups is 3. The molecular formula is C92H148O7S2. The van der Waals surface area contributed by atoms with Crippen molar-refractivity contribution in [2.24, 2.45) is 55.2 Å². The van der Waals surface area contributed by atoms with Gasteiger partial charge < -0.3 is 0 Å². The molecule has 0 aliphatic heterocycles. The quantitative estimate of drug-likeness (QED) is 0.128. The second-order valence-electron chi connectivity index (χ2n) is 42.0. The Balaban J connectivity index is 0.000000607. The summed E-state index contributed by atoms with van der Waals surface area (Å²) in [5.41, 5.74) is 9.84. The van der Waals surface area contributed by atoms with E-state index in [4.69, 9.17) is 0 Å². The monoisotopic (exact) mass is 1430 g/mol. The lowest BCUT2D eigenvalue weighted by molar-refractivity contribution is 0.0852. The molecule has 1 aliphatic carbocycles. The molecule has 0 spiro atoms. The van der Waals surface area contributed by atoms with Crippen LogP contribution in [0.4, 0.5) is 0 Å². The van der Waals surface area contributed by atoms with Crippen LogP contribution < -0.4 is 0 Å². The van der Waals surface area contributed by atoms with E-state index < -0.39 is 29.2 Å². The number of ketones is 3. The summed E-state index contributed by atoms with van der Waals surface area (Å²) in [6, 6.07) is 38.7. The van der Waals surface area contributed by atoms with Gasteiger partial charge in [-0.2, -0.15) is 0 Å². The Labute approximate surface area is 622 Å². The topological polar surface area (TPSA) is 119 Å². The molecule has 1 saturated carbocycles. The van der Waals surface area contributed by atoms with E-state index in [1.807, 2.05) is 123 Å². The molecule has 1 aliphatic rings. The molecule has 5 aromatic carbocycles. The summed E-state index contributed by atoms with van der Waals surface area (Å²) in [7, 11) is -6.48. The van der Waals surface area contributed by atoms with Crippen molar-refractivity contribution >= 4 is 37.0 Å². The lowest BCUT2D eigenvalue weighted by Crippen LogP contribution is -2.28. The van der Waals surface area contributed by atoms with E-state index >= 15 is 0 Å². The predicted octanol–water partition coefficient (Wildman–Crippen LogP) is 26.3. The standard InChI is InChI=1S/C17H26O.C16H24O.C15H24O2S.C15H22O.C15H30.C14H22O2S/c1-16(2,3)12-11-13-7-9-14(10-8-13)15(18)17(4,5)6;1-15(2,3)11-12-7-9-13(10-8-12)14(17)16(4,5)6;1-14(2,3)11-12-7-9-13(10-8-12)18(16,17)15(4,5)6;1-14(2,3)12-9-7-11(8-10-12)13(16)15(4,5)6;1-14(2,3)11-12-7-9-13(10-8-12)15(4,5)6;1-13(2,3)11-7-9-12(10-8-11)17(15,16)14(4,5)6/h7-10H,11-12H2,1-6H3;7-10H,11H2,1-6H3;7-10H,11H2,1-6H3;7-10H,1-6H3;12-13H,7-11H2,1-6H3;7-10H,1-6H3. The van der Waals surface area contributed by atoms with E-state index in [0.29, 0.717) is 26.0 Å². The zero-order valence-corrected chi connectivity index (χ0v) is 72.9. The molecule has 0 amide bonds. The SMILES string of the molecule is CC(C)(C)C(=O)c1ccc(C(C)(C)C)cc1.CC(C)(C)CC1CCC(C(C)(C)C)CC1.CC(C)(C)CCc1ccc(C(=O)C(C)(C)C)cc1.CC(C)(C)Cc1ccc(C(=O)C(C)(C)C)cc1.CC(C)(C)Cc1ccc(S(=O)(=O)C(C)(C)C)cc1.CC(C)(C)c1ccc(S(=O)(=O)C(C)(C)C)cc1. The first-order chi connectivity index (χ1) is 44.9. The first kappa shape index (κ1) is 94.0. The van der Waals surface area contributed by atoms with Gasteiger partial charge in [-0.1, -0.05) is 318 Å². The Kier molecular flexibility index (Phi) is 33.4. The third-order valence-electron chi connectivity index (χ3n) is 18.0. The fourth-order valence-corrected chi connectivity index (χ4v) is 13.9. The Bertz CT molecular complexity index is 3560. The highest BCUT2D eigenvalue weighted by molar-refractivity contribution is 7.93. The number of Topliss-reactive ketones (excluding diaryl/α,β-unsaturated/α-hetero) is 3. The van der Waals surface area contributed by atoms with Crippen LogP contribution in [0.3, 0.4) is 0 Å². The molecule has 0 N–H and O–H groups in total. The lowest BCUT2D eigenvalue weighted by Gasteiger charge is -2.38. The molecule has 0 unspecified atom stereocenters. The van der Waals surface area contributed by atoms with Crippen LogP contribution in [0.5, 0.6) is 0 Å². The molecular weight excluding hydrogens is 1280 g/mol. The minimum absolute atomic E-state index is 0.0457. The van der Waals surface area contributed by atoms with Gasteiger partial charge in [-0.25, -0.2) is 16.8 Å². The Morgan fingerprint density at radius 2 is 0.574 bits per heavy atom. The van der Waals surface area contributed by atoms with E-state index in [2.05, 4.69) is 182 Å². The molecule has 0 saturated heterocycles. The fourth-order valence-electron chi connectivity index (χ4n) is 11.5. The van der Waals surface area contributed by atoms with Crippen LogP contribution in [0, 0.1) is 55.2 Å². The normalized spacial score (nSPS) is 15.4. The summed E-state index contributed by atoms with van der Waals surface area (Å²) in [5, 5.41) is 0. The average molecular weight is 1430 g/mol. The van der Waals surface area contributed by atoms with Gasteiger partial charge in [0.15, 0.2) is 37.0 Å². The van der Waals surface area contributed by atoms with E-state index in [9.17, 15) is 31.2 Å². The van der Waals surface area contributed by atoms with Crippen molar-refractivity contribution in [3.63, 3.8) is 0 Å². The molecule has 0 heterocycles. The number of aryl methyl sites for hydroxylation is 1. The second kappa shape index (κ2) is 35.9. The van der Waals surface area contributed by atoms with E-state index in [1.54, 1.807) is 65.8 Å². The first-order valence-electron chi connectivity index (χ1n) is 37.5. The Morgan fingerprint density at radius 3 is 0.812 bits per heavy atom. The number of carbonyl (C=O) groups excluding carboxylic acids is 3. The van der Waals surface area contributed by atoms with Gasteiger partial charge in [-0.15, -0.1) is 0 Å². The zero-order chi connectivity index (χ0) is 79.2. The number of hydrogen-bond donors (Lipinski definition) is 0. The number of rotatable bonds is 10. The number of sulfone groups is 2. The van der Waals surface area contributed by atoms with Gasteiger partial charge in [0.2, 0.25) is 0 Å². The summed E-state index contributed by atoms with van der Waals surface area (Å²) in [4.78, 5) is 37.0. The van der Waals surface area contributed by atoms with Crippen molar-refractivity contribution < 1.29 is 31.2 Å². The van der Waals surface area contributed by atoms with Gasteiger partial charge in [0, 0.05) is 32.9 Å². The summed E-state index contributed by atoms with van der Waals surface area (Å²) in [6.45, 7) is 75.1. The number of benzene rings is 5. The van der Waals surface area contributed by atoms with E-state index in [0.717, 1.165) is 53.4 Å². The third kappa shape index (κ3) is 34.7. The average Bonchev–Trinajstić information content (AvgIpc) is 0.798. The third-order valence-corrected chi connectivity index (χ3v) is 23.0. The highest BCUT2D eigenvalue weighted by Crippen LogP contribution is 2.43. The van der Waals surface area contributed by atoms with Gasteiger partial charge in [-0.05, 0) is 188 Å². The smallest absolute Gasteiger partial charge is 0.183 e. The highest BCUT2D eigenvalue weighted by atomic mass is 32.2. The molecule has 0 radical (unpaired) electrons. The minimum atomic E-state index is -3.24. The Morgan fingerprint density at radius 1 is 0.317 bits per heavy atom. The van der Waals surface area contributed by atoms with Crippen LogP contribution in [0.2, 0.25) is 0 Å². The molecule has 570 valence electrons. The highest BCUT2D eigenvalue weighted by Gasteiger charge is 2.34. The van der Waals surface area contributed by atoms with Gasteiger partial charge >= 0.3 is 0 Å². The Hall–Kier alpha value is -4.99. The summed E-state index contributed by atoms with van der Waals surface area (Å²) in [6.07, 6.45) is 11.5. The van der Waals surface area contributed by atoms with Crippen molar-refractivity contribution in [3.8, 4) is 0 Å². The molecule has 7 nitrogen and oxygen atoms in total. The van der Waals surface area contributed by atoms with Crippen LogP contribution in [-0.2, 0) is 49.8 Å². The molecule has 1 fully saturated rings. The van der Waals surface area contributed by atoms with Crippen molar-refractivity contribution in [2.75, 3.05) is 0 Å². The fraction of sp³-hybridized carbons (Fsp3) is 0.641. The van der Waals surface area contributed by atoms with Gasteiger partial charge in [-0.3, -0.25) is 14.4 Å². The second-order valence-corrected chi connectivity index (χ2v) is 47.4. The maximum Gasteiger partial charge on any atom is 0.183 e. The molecule has 0 bridgehead atoms. The molecule has 101 heavy (non-hydrogen) atoms. The summed E-state index contributed by atoms with van der Waals surface area (Å²) in [5.74, 6) is 2.59. The number of hydrogen-bond acceptors (Lipinski definition) is 7. The van der Waals surface area contributed by atoms with Crippen LogP contribution in [-0.4, -0.2) is 43.7 Å². The zero-order valence-electron chi connectivity index (χ0n) is 71.2. The van der Waals surface area contributed by atoms with Crippen molar-refractivity contribution in [1.82, 2.24) is 0 Å². The largest absolute Gasteiger partial charge is 0.294 e. The molecule has 5 aromatic rings. The van der Waals surface area contributed by atoms with E-state index in [-0.39, 0.29) is 55.3 Å². The lowest BCUT2D eigenvalue weighted by atomic mass is 9.67. The maximum atomic E-state index is 12.3. The van der Waals surface area contributed by atoms with Crippen LogP contribution in [0.1, 0.15) is 347 Å². The van der Waals surface area contributed by atoms with Crippen LogP contribution >= 0.6 is 0 Å². The van der Waals surface area contributed by atoms with Crippen molar-refractivity contribution in [1.29, 1.82) is 0 Å². The van der Waals surface area contributed by atoms with Gasteiger partial charge in [0.1, 0.15) is 0 Å². The van der Waals surface area contributed by atoms with Crippen molar-refractivity contribution in [3.05, 3.63) is 166 Å². The molecule has 9 heteroatoms. The van der Waals surface area contributed by atoms with Gasteiger partial charge in [0.05, 0.1) is 19.3 Å². The summed E-state index contributed by atoms with van der Waals surface area (Å²) >= 11 is 0. The predicted molar refractivity (Wildman–Crippen MR) is 438 cm³/mol. The molecule has 0 atom stereocenters. The summed E-state index contributed by atoms with van der Waals surface area (Å²) < 4.78 is 47.4. The van der Waals surface area contributed by atoms with Crippen molar-refractivity contribution in [2.45, 2.75) is 337 Å². The van der Waals surface area contributed by atoms with Crippen LogP contribution in [0.25, 0.3) is 0 Å². The maximum absolute atomic E-state index is 12.3. The van der Waals surface area contributed by atoms with Gasteiger partial charge in [0.25, 0.3) is 0 Å². The first-order valence-corrected chi connectivity index (χ1v) is 40.5. The van der Waals surface area contributed by atoms with E-state index in [1.165, 1.54) is 60.8 Å². The minimum Gasteiger partial charge on any atom is -0.294 e. The van der Waals surface area contributed by atoms with Crippen LogP contribution in [0.15, 0.2) is 131 Å². The molecule has 6 rings (SSSR count).